The maximum absolute atomic E-state index is 5.52. The van der Waals surface area contributed by atoms with Gasteiger partial charge in [0, 0.05) is 12.3 Å². The van der Waals surface area contributed by atoms with Crippen molar-refractivity contribution in [2.45, 2.75) is 13.8 Å². The summed E-state index contributed by atoms with van der Waals surface area (Å²) in [5.74, 6) is 1.23. The summed E-state index contributed by atoms with van der Waals surface area (Å²) in [6, 6.07) is 5.82. The zero-order chi connectivity index (χ0) is 9.97. The number of fused-ring (bicyclic) bond motifs is 1. The van der Waals surface area contributed by atoms with Crippen LogP contribution in [-0.4, -0.2) is 16.6 Å². The summed E-state index contributed by atoms with van der Waals surface area (Å²) >= 11 is 0. The average Bonchev–Trinajstić information content (AvgIpc) is 2.61. The molecule has 2 heterocycles. The van der Waals surface area contributed by atoms with Gasteiger partial charge in [-0.25, -0.2) is 4.98 Å². The number of pyridine rings is 1. The van der Waals surface area contributed by atoms with Crippen molar-refractivity contribution in [2.75, 3.05) is 6.61 Å². The molecule has 0 amide bonds. The van der Waals surface area contributed by atoms with Crippen molar-refractivity contribution >= 4 is 11.0 Å². The topological polar surface area (TPSA) is 37.9 Å². The van der Waals surface area contributed by atoms with Gasteiger partial charge in [0.05, 0.1) is 17.6 Å². The fourth-order valence-electron chi connectivity index (χ4n) is 1.25. The van der Waals surface area contributed by atoms with E-state index >= 15 is 0 Å². The normalized spacial score (nSPS) is 11.1. The highest BCUT2D eigenvalue weighted by molar-refractivity contribution is 5.75. The fraction of sp³-hybridized carbons (Fsp3) is 0.364. The van der Waals surface area contributed by atoms with Gasteiger partial charge in [-0.2, -0.15) is 0 Å². The molecule has 1 N–H and O–H groups in total. The first-order valence-corrected chi connectivity index (χ1v) is 4.82. The van der Waals surface area contributed by atoms with Crippen LogP contribution >= 0.6 is 0 Å². The van der Waals surface area contributed by atoms with Gasteiger partial charge in [-0.1, -0.05) is 13.8 Å². The van der Waals surface area contributed by atoms with Crippen molar-refractivity contribution in [2.24, 2.45) is 5.92 Å². The molecular weight excluding hydrogens is 176 g/mol. The van der Waals surface area contributed by atoms with E-state index in [9.17, 15) is 0 Å². The van der Waals surface area contributed by atoms with E-state index in [2.05, 4.69) is 23.8 Å². The molecule has 0 spiro atoms. The molecule has 2 rings (SSSR count). The van der Waals surface area contributed by atoms with Crippen molar-refractivity contribution in [1.82, 2.24) is 9.97 Å². The largest absolute Gasteiger partial charge is 0.477 e. The third-order valence-electron chi connectivity index (χ3n) is 1.94. The van der Waals surface area contributed by atoms with Crippen LogP contribution in [0.15, 0.2) is 24.4 Å². The van der Waals surface area contributed by atoms with E-state index in [-0.39, 0.29) is 0 Å². The molecule has 0 aliphatic carbocycles. The standard InChI is InChI=1S/C11H14N2O/c1-8(2)7-14-11-4-3-9-10(13-11)5-6-12-9/h3-6,8,12H,7H2,1-2H3. The number of nitrogens with zero attached hydrogens (tertiary/aromatic N) is 1. The Kier molecular flexibility index (Phi) is 2.39. The smallest absolute Gasteiger partial charge is 0.213 e. The Morgan fingerprint density at radius 1 is 1.36 bits per heavy atom. The lowest BCUT2D eigenvalue weighted by molar-refractivity contribution is 0.262. The number of hydrogen-bond donors (Lipinski definition) is 1. The monoisotopic (exact) mass is 190 g/mol. The molecule has 0 fully saturated rings. The van der Waals surface area contributed by atoms with Crippen LogP contribution in [0.4, 0.5) is 0 Å². The van der Waals surface area contributed by atoms with Crippen LogP contribution in [0.3, 0.4) is 0 Å². The van der Waals surface area contributed by atoms with Gasteiger partial charge in [-0.15, -0.1) is 0 Å². The number of aromatic amines is 1. The summed E-state index contributed by atoms with van der Waals surface area (Å²) in [6.45, 7) is 4.95. The molecule has 14 heavy (non-hydrogen) atoms. The van der Waals surface area contributed by atoms with Gasteiger partial charge in [0.25, 0.3) is 0 Å². The Morgan fingerprint density at radius 3 is 3.00 bits per heavy atom. The molecule has 0 bridgehead atoms. The number of ether oxygens (including phenoxy) is 1. The highest BCUT2D eigenvalue weighted by atomic mass is 16.5. The van der Waals surface area contributed by atoms with Crippen LogP contribution in [0.2, 0.25) is 0 Å². The molecule has 3 heteroatoms. The zero-order valence-electron chi connectivity index (χ0n) is 8.45. The molecule has 0 saturated heterocycles. The number of aromatic nitrogens is 2. The second kappa shape index (κ2) is 3.70. The van der Waals surface area contributed by atoms with E-state index in [4.69, 9.17) is 4.74 Å². The first-order valence-electron chi connectivity index (χ1n) is 4.82. The van der Waals surface area contributed by atoms with Crippen LogP contribution in [0.5, 0.6) is 5.88 Å². The van der Waals surface area contributed by atoms with Gasteiger partial charge in [0.2, 0.25) is 5.88 Å². The van der Waals surface area contributed by atoms with Crippen LogP contribution in [0.1, 0.15) is 13.8 Å². The third-order valence-corrected chi connectivity index (χ3v) is 1.94. The Labute approximate surface area is 83.1 Å². The molecule has 2 aromatic rings. The minimum absolute atomic E-state index is 0.527. The summed E-state index contributed by atoms with van der Waals surface area (Å²) in [6.07, 6.45) is 1.88. The van der Waals surface area contributed by atoms with Crippen molar-refractivity contribution in [3.05, 3.63) is 24.4 Å². The summed E-state index contributed by atoms with van der Waals surface area (Å²) in [7, 11) is 0. The van der Waals surface area contributed by atoms with Crippen LogP contribution in [-0.2, 0) is 0 Å². The summed E-state index contributed by atoms with van der Waals surface area (Å²) < 4.78 is 5.52. The number of nitrogens with one attached hydrogen (secondary N) is 1. The Balaban J connectivity index is 2.17. The molecule has 3 nitrogen and oxygen atoms in total. The van der Waals surface area contributed by atoms with Gasteiger partial charge in [0.15, 0.2) is 0 Å². The van der Waals surface area contributed by atoms with Gasteiger partial charge < -0.3 is 9.72 Å². The first kappa shape index (κ1) is 9.06. The molecule has 0 unspecified atom stereocenters. The first-order chi connectivity index (χ1) is 6.75. The maximum Gasteiger partial charge on any atom is 0.213 e. The molecule has 74 valence electrons. The number of hydrogen-bond acceptors (Lipinski definition) is 2. The number of rotatable bonds is 3. The Bertz CT molecular complexity index is 420. The van der Waals surface area contributed by atoms with Gasteiger partial charge >= 0.3 is 0 Å². The predicted octanol–water partition coefficient (Wildman–Crippen LogP) is 2.60. The second-order valence-electron chi connectivity index (χ2n) is 3.76. The summed E-state index contributed by atoms with van der Waals surface area (Å²) in [5, 5.41) is 0. The van der Waals surface area contributed by atoms with E-state index in [1.807, 2.05) is 24.4 Å². The molecule has 2 aromatic heterocycles. The molecular formula is C11H14N2O. The van der Waals surface area contributed by atoms with Crippen molar-refractivity contribution < 1.29 is 4.74 Å². The lowest BCUT2D eigenvalue weighted by Gasteiger charge is -2.06. The summed E-state index contributed by atoms with van der Waals surface area (Å²) in [4.78, 5) is 7.45. The fourth-order valence-corrected chi connectivity index (χ4v) is 1.25. The Morgan fingerprint density at radius 2 is 2.21 bits per heavy atom. The molecule has 0 aliphatic heterocycles. The van der Waals surface area contributed by atoms with Crippen molar-refractivity contribution in [3.63, 3.8) is 0 Å². The molecule has 0 atom stereocenters. The SMILES string of the molecule is CC(C)COc1ccc2[nH]ccc2n1. The molecule has 0 radical (unpaired) electrons. The predicted molar refractivity (Wildman–Crippen MR) is 56.4 cm³/mol. The van der Waals surface area contributed by atoms with E-state index < -0.39 is 0 Å². The van der Waals surface area contributed by atoms with Crippen LogP contribution in [0.25, 0.3) is 11.0 Å². The van der Waals surface area contributed by atoms with E-state index in [0.29, 0.717) is 18.4 Å². The van der Waals surface area contributed by atoms with Crippen molar-refractivity contribution in [3.8, 4) is 5.88 Å². The van der Waals surface area contributed by atoms with Gasteiger partial charge in [-0.3, -0.25) is 0 Å². The minimum Gasteiger partial charge on any atom is -0.477 e. The van der Waals surface area contributed by atoms with Crippen LogP contribution < -0.4 is 4.74 Å². The molecule has 0 aliphatic rings. The van der Waals surface area contributed by atoms with E-state index in [1.54, 1.807) is 0 Å². The quantitative estimate of drug-likeness (QED) is 0.807. The average molecular weight is 190 g/mol. The van der Waals surface area contributed by atoms with Gasteiger partial charge in [-0.05, 0) is 18.1 Å². The molecule has 0 aromatic carbocycles. The zero-order valence-corrected chi connectivity index (χ0v) is 8.45. The van der Waals surface area contributed by atoms with Crippen molar-refractivity contribution in [1.29, 1.82) is 0 Å². The summed E-state index contributed by atoms with van der Waals surface area (Å²) in [5.41, 5.74) is 1.99. The third kappa shape index (κ3) is 1.87. The second-order valence-corrected chi connectivity index (χ2v) is 3.76. The Hall–Kier alpha value is -1.51. The van der Waals surface area contributed by atoms with Crippen LogP contribution in [0, 0.1) is 5.92 Å². The lowest BCUT2D eigenvalue weighted by atomic mass is 10.2. The minimum atomic E-state index is 0.527. The molecule has 0 saturated carbocycles. The lowest BCUT2D eigenvalue weighted by Crippen LogP contribution is -2.05. The number of H-pyrrole nitrogens is 1. The maximum atomic E-state index is 5.52. The van der Waals surface area contributed by atoms with E-state index in [1.165, 1.54) is 0 Å². The van der Waals surface area contributed by atoms with Gasteiger partial charge in [0.1, 0.15) is 0 Å². The van der Waals surface area contributed by atoms with E-state index in [0.717, 1.165) is 11.0 Å². The highest BCUT2D eigenvalue weighted by Gasteiger charge is 2.00. The highest BCUT2D eigenvalue weighted by Crippen LogP contribution is 2.15.